The lowest BCUT2D eigenvalue weighted by Crippen LogP contribution is -2.44. The largest absolute Gasteiger partial charge is 0.351 e. The van der Waals surface area contributed by atoms with E-state index in [1.165, 1.54) is 0 Å². The molecule has 17 heavy (non-hydrogen) atoms. The maximum Gasteiger partial charge on any atom is 0.227 e. The second-order valence-electron chi connectivity index (χ2n) is 4.40. The quantitative estimate of drug-likeness (QED) is 0.770. The molecule has 0 saturated heterocycles. The molecule has 5 nitrogen and oxygen atoms in total. The zero-order valence-electron chi connectivity index (χ0n) is 10.9. The first-order valence-corrected chi connectivity index (χ1v) is 6.04. The van der Waals surface area contributed by atoms with Crippen molar-refractivity contribution >= 4 is 5.91 Å². The Kier molecular flexibility index (Phi) is 4.69. The molecule has 5 heteroatoms. The molecule has 0 aliphatic rings. The molecule has 0 bridgehead atoms. The Balaban J connectivity index is 2.59. The third-order valence-electron chi connectivity index (χ3n) is 3.44. The molecule has 0 atom stereocenters. The van der Waals surface area contributed by atoms with E-state index in [4.69, 9.17) is 5.73 Å². The summed E-state index contributed by atoms with van der Waals surface area (Å²) in [5.74, 6) is 0.0360. The average molecular weight is 238 g/mol. The van der Waals surface area contributed by atoms with Crippen LogP contribution in [0.5, 0.6) is 0 Å². The number of aromatic nitrogens is 2. The lowest BCUT2D eigenvalue weighted by atomic mass is 9.81. The molecule has 0 saturated carbocycles. The molecule has 96 valence electrons. The highest BCUT2D eigenvalue weighted by atomic mass is 16.2. The van der Waals surface area contributed by atoms with Gasteiger partial charge in [-0.2, -0.15) is 5.10 Å². The number of hydrogen-bond acceptors (Lipinski definition) is 3. The van der Waals surface area contributed by atoms with Gasteiger partial charge in [-0.25, -0.2) is 0 Å². The second-order valence-corrected chi connectivity index (χ2v) is 4.40. The van der Waals surface area contributed by atoms with Crippen LogP contribution in [-0.4, -0.2) is 22.2 Å². The molecule has 0 aromatic carbocycles. The van der Waals surface area contributed by atoms with Crippen LogP contribution < -0.4 is 11.1 Å². The predicted molar refractivity (Wildman–Crippen MR) is 67.1 cm³/mol. The summed E-state index contributed by atoms with van der Waals surface area (Å²) in [7, 11) is 1.85. The summed E-state index contributed by atoms with van der Waals surface area (Å²) in [6, 6.07) is 0. The summed E-state index contributed by atoms with van der Waals surface area (Å²) in [6.07, 6.45) is 5.17. The molecule has 3 N–H and O–H groups in total. The van der Waals surface area contributed by atoms with Gasteiger partial charge in [0.1, 0.15) is 0 Å². The molecule has 1 amide bonds. The van der Waals surface area contributed by atoms with Gasteiger partial charge < -0.3 is 11.1 Å². The normalized spacial score (nSPS) is 11.5. The van der Waals surface area contributed by atoms with E-state index >= 15 is 0 Å². The molecule has 0 unspecified atom stereocenters. The van der Waals surface area contributed by atoms with E-state index < -0.39 is 5.41 Å². The molecule has 0 spiro atoms. The lowest BCUT2D eigenvalue weighted by Gasteiger charge is -2.28. The Labute approximate surface area is 102 Å². The lowest BCUT2D eigenvalue weighted by molar-refractivity contribution is -0.131. The van der Waals surface area contributed by atoms with Gasteiger partial charge in [0.15, 0.2) is 0 Å². The van der Waals surface area contributed by atoms with Crippen molar-refractivity contribution in [3.05, 3.63) is 18.0 Å². The number of amides is 1. The van der Waals surface area contributed by atoms with Crippen LogP contribution in [-0.2, 0) is 18.4 Å². The van der Waals surface area contributed by atoms with Gasteiger partial charge in [0, 0.05) is 31.9 Å². The van der Waals surface area contributed by atoms with E-state index in [1.54, 1.807) is 10.9 Å². The van der Waals surface area contributed by atoms with Crippen molar-refractivity contribution in [1.82, 2.24) is 15.1 Å². The van der Waals surface area contributed by atoms with Crippen molar-refractivity contribution in [2.45, 2.75) is 33.2 Å². The fourth-order valence-corrected chi connectivity index (χ4v) is 1.89. The number of carbonyl (C=O) groups is 1. The first kappa shape index (κ1) is 13.7. The molecule has 0 aliphatic heterocycles. The molecule has 1 aromatic heterocycles. The number of hydrogen-bond donors (Lipinski definition) is 2. The van der Waals surface area contributed by atoms with Crippen molar-refractivity contribution in [3.63, 3.8) is 0 Å². The van der Waals surface area contributed by atoms with Crippen molar-refractivity contribution in [2.24, 2.45) is 18.2 Å². The van der Waals surface area contributed by atoms with Gasteiger partial charge in [-0.15, -0.1) is 0 Å². The first-order valence-electron chi connectivity index (χ1n) is 6.04. The molecule has 1 rings (SSSR count). The van der Waals surface area contributed by atoms with Crippen LogP contribution in [0.3, 0.4) is 0 Å². The summed E-state index contributed by atoms with van der Waals surface area (Å²) in [5.41, 5.74) is 6.30. The van der Waals surface area contributed by atoms with Crippen molar-refractivity contribution in [2.75, 3.05) is 6.54 Å². The van der Waals surface area contributed by atoms with Gasteiger partial charge in [0.05, 0.1) is 11.6 Å². The summed E-state index contributed by atoms with van der Waals surface area (Å²) in [6.45, 7) is 4.90. The molecule has 1 heterocycles. The SMILES string of the molecule is CCC(CC)(CN)C(=O)NCc1cnn(C)c1. The van der Waals surface area contributed by atoms with Crippen LogP contribution >= 0.6 is 0 Å². The van der Waals surface area contributed by atoms with Gasteiger partial charge in [-0.05, 0) is 12.8 Å². The van der Waals surface area contributed by atoms with Gasteiger partial charge >= 0.3 is 0 Å². The van der Waals surface area contributed by atoms with E-state index in [2.05, 4.69) is 10.4 Å². The zero-order chi connectivity index (χ0) is 12.9. The van der Waals surface area contributed by atoms with Crippen LogP contribution in [0.25, 0.3) is 0 Å². The molecular formula is C12H22N4O. The molecular weight excluding hydrogens is 216 g/mol. The number of aryl methyl sites for hydroxylation is 1. The molecule has 0 radical (unpaired) electrons. The summed E-state index contributed by atoms with van der Waals surface area (Å²) >= 11 is 0. The van der Waals surface area contributed by atoms with Gasteiger partial charge in [0.25, 0.3) is 0 Å². The van der Waals surface area contributed by atoms with Gasteiger partial charge in [-0.1, -0.05) is 13.8 Å². The molecule has 0 aliphatic carbocycles. The van der Waals surface area contributed by atoms with Crippen LogP contribution in [0.15, 0.2) is 12.4 Å². The third-order valence-corrected chi connectivity index (χ3v) is 3.44. The van der Waals surface area contributed by atoms with Crippen molar-refractivity contribution < 1.29 is 4.79 Å². The Morgan fingerprint density at radius 3 is 2.59 bits per heavy atom. The van der Waals surface area contributed by atoms with Crippen LogP contribution in [0.4, 0.5) is 0 Å². The topological polar surface area (TPSA) is 72.9 Å². The standard InChI is InChI=1S/C12H22N4O/c1-4-12(5-2,9-13)11(17)14-6-10-7-15-16(3)8-10/h7-8H,4-6,9,13H2,1-3H3,(H,14,17). The Morgan fingerprint density at radius 1 is 1.53 bits per heavy atom. The number of rotatable bonds is 6. The van der Waals surface area contributed by atoms with Crippen LogP contribution in [0, 0.1) is 5.41 Å². The number of nitrogens with two attached hydrogens (primary N) is 1. The second kappa shape index (κ2) is 5.82. The number of nitrogens with one attached hydrogen (secondary N) is 1. The maximum atomic E-state index is 12.1. The van der Waals surface area contributed by atoms with E-state index in [9.17, 15) is 4.79 Å². The summed E-state index contributed by atoms with van der Waals surface area (Å²) < 4.78 is 1.72. The number of carbonyl (C=O) groups excluding carboxylic acids is 1. The van der Waals surface area contributed by atoms with E-state index in [0.29, 0.717) is 13.1 Å². The minimum absolute atomic E-state index is 0.0360. The fraction of sp³-hybridized carbons (Fsp3) is 0.667. The summed E-state index contributed by atoms with van der Waals surface area (Å²) in [5, 5.41) is 6.99. The monoisotopic (exact) mass is 238 g/mol. The Hall–Kier alpha value is -1.36. The molecule has 1 aromatic rings. The van der Waals surface area contributed by atoms with Gasteiger partial charge in [0.2, 0.25) is 5.91 Å². The molecule has 0 fully saturated rings. The summed E-state index contributed by atoms with van der Waals surface area (Å²) in [4.78, 5) is 12.1. The van der Waals surface area contributed by atoms with Gasteiger partial charge in [-0.3, -0.25) is 9.48 Å². The van der Waals surface area contributed by atoms with Crippen molar-refractivity contribution in [1.29, 1.82) is 0 Å². The van der Waals surface area contributed by atoms with E-state index in [1.807, 2.05) is 27.1 Å². The predicted octanol–water partition coefficient (Wildman–Crippen LogP) is 0.801. The van der Waals surface area contributed by atoms with Crippen LogP contribution in [0.2, 0.25) is 0 Å². The van der Waals surface area contributed by atoms with E-state index in [0.717, 1.165) is 18.4 Å². The fourth-order valence-electron chi connectivity index (χ4n) is 1.89. The minimum atomic E-state index is -0.428. The maximum absolute atomic E-state index is 12.1. The highest BCUT2D eigenvalue weighted by Crippen LogP contribution is 2.24. The number of nitrogens with zero attached hydrogens (tertiary/aromatic N) is 2. The Bertz CT molecular complexity index is 360. The average Bonchev–Trinajstić information content (AvgIpc) is 2.75. The zero-order valence-corrected chi connectivity index (χ0v) is 10.9. The van der Waals surface area contributed by atoms with E-state index in [-0.39, 0.29) is 5.91 Å². The van der Waals surface area contributed by atoms with Crippen molar-refractivity contribution in [3.8, 4) is 0 Å². The van der Waals surface area contributed by atoms with Crippen LogP contribution in [0.1, 0.15) is 32.3 Å². The highest BCUT2D eigenvalue weighted by Gasteiger charge is 2.32. The Morgan fingerprint density at radius 2 is 2.18 bits per heavy atom. The smallest absolute Gasteiger partial charge is 0.227 e. The minimum Gasteiger partial charge on any atom is -0.351 e. The first-order chi connectivity index (χ1) is 8.07. The third kappa shape index (κ3) is 3.06. The highest BCUT2D eigenvalue weighted by molar-refractivity contribution is 5.82.